The van der Waals surface area contributed by atoms with E-state index in [0.29, 0.717) is 17.8 Å². The van der Waals surface area contributed by atoms with Crippen molar-refractivity contribution in [3.05, 3.63) is 54.3 Å². The van der Waals surface area contributed by atoms with Gasteiger partial charge in [-0.3, -0.25) is 9.59 Å². The summed E-state index contributed by atoms with van der Waals surface area (Å²) in [6.07, 6.45) is 0.719. The van der Waals surface area contributed by atoms with Crippen LogP contribution >= 0.6 is 0 Å². The van der Waals surface area contributed by atoms with Gasteiger partial charge in [-0.15, -0.1) is 0 Å². The molecule has 0 aliphatic carbocycles. The Hall–Kier alpha value is -2.78. The summed E-state index contributed by atoms with van der Waals surface area (Å²) in [6.45, 7) is 3.86. The number of nitrogens with one attached hydrogen (secondary N) is 2. The quantitative estimate of drug-likeness (QED) is 0.702. The molecule has 0 radical (unpaired) electrons. The third-order valence-electron chi connectivity index (χ3n) is 5.03. The number of carbonyl (C=O) groups is 2. The third-order valence-corrected chi connectivity index (χ3v) is 6.64. The summed E-state index contributed by atoms with van der Waals surface area (Å²) in [5.41, 5.74) is 0.982. The van der Waals surface area contributed by atoms with Gasteiger partial charge in [-0.05, 0) is 61.9 Å². The van der Waals surface area contributed by atoms with Crippen molar-refractivity contribution in [1.29, 1.82) is 0 Å². The lowest BCUT2D eigenvalue weighted by Gasteiger charge is -2.17. The Bertz CT molecular complexity index is 1020. The summed E-state index contributed by atoms with van der Waals surface area (Å²) < 4.78 is 40.3. The van der Waals surface area contributed by atoms with Crippen molar-refractivity contribution < 1.29 is 22.4 Å². The van der Waals surface area contributed by atoms with Crippen molar-refractivity contribution in [2.24, 2.45) is 5.92 Å². The average Bonchev–Trinajstić information content (AvgIpc) is 3.10. The van der Waals surface area contributed by atoms with E-state index in [1.165, 1.54) is 53.4 Å². The molecule has 0 unspecified atom stereocenters. The number of halogens is 1. The van der Waals surface area contributed by atoms with Gasteiger partial charge >= 0.3 is 0 Å². The highest BCUT2D eigenvalue weighted by molar-refractivity contribution is 7.89. The fraction of sp³-hybridized carbons (Fsp3) is 0.333. The molecule has 1 fully saturated rings. The summed E-state index contributed by atoms with van der Waals surface area (Å²) in [7, 11) is -3.62. The van der Waals surface area contributed by atoms with Crippen LogP contribution in [0.4, 0.5) is 15.8 Å². The van der Waals surface area contributed by atoms with E-state index in [2.05, 4.69) is 10.0 Å². The zero-order valence-electron chi connectivity index (χ0n) is 16.8. The predicted octanol–water partition coefficient (Wildman–Crippen LogP) is 2.89. The molecule has 2 aromatic carbocycles. The maximum atomic E-state index is 13.1. The number of rotatable bonds is 7. The molecular formula is C21H24FN3O4S. The summed E-state index contributed by atoms with van der Waals surface area (Å²) >= 11 is 0. The Morgan fingerprint density at radius 3 is 2.40 bits per heavy atom. The number of amides is 2. The zero-order valence-corrected chi connectivity index (χ0v) is 17.6. The van der Waals surface area contributed by atoms with Gasteiger partial charge in [-0.1, -0.05) is 6.92 Å². The van der Waals surface area contributed by atoms with Crippen LogP contribution in [0.15, 0.2) is 53.4 Å². The SMILES string of the molecule is CC[C@@H](C)NS(=O)(=O)c1ccc(NC(=O)[C@H]2CC(=O)N(c3ccc(F)cc3)C2)cc1. The zero-order chi connectivity index (χ0) is 21.9. The summed E-state index contributed by atoms with van der Waals surface area (Å²) in [5, 5.41) is 2.72. The number of anilines is 2. The van der Waals surface area contributed by atoms with Gasteiger partial charge in [0.2, 0.25) is 21.8 Å². The second-order valence-electron chi connectivity index (χ2n) is 7.33. The van der Waals surface area contributed by atoms with E-state index in [9.17, 15) is 22.4 Å². The maximum Gasteiger partial charge on any atom is 0.240 e. The van der Waals surface area contributed by atoms with Crippen LogP contribution in [0.2, 0.25) is 0 Å². The number of carbonyl (C=O) groups excluding carboxylic acids is 2. The minimum Gasteiger partial charge on any atom is -0.326 e. The largest absolute Gasteiger partial charge is 0.326 e. The Morgan fingerprint density at radius 2 is 1.80 bits per heavy atom. The monoisotopic (exact) mass is 433 g/mol. The smallest absolute Gasteiger partial charge is 0.240 e. The molecule has 0 saturated carbocycles. The van der Waals surface area contributed by atoms with Crippen molar-refractivity contribution in [1.82, 2.24) is 4.72 Å². The average molecular weight is 434 g/mol. The molecule has 0 bridgehead atoms. The molecule has 9 heteroatoms. The van der Waals surface area contributed by atoms with Crippen LogP contribution in [-0.4, -0.2) is 32.8 Å². The highest BCUT2D eigenvalue weighted by Gasteiger charge is 2.35. The Balaban J connectivity index is 1.63. The van der Waals surface area contributed by atoms with Crippen molar-refractivity contribution in [2.75, 3.05) is 16.8 Å². The first-order chi connectivity index (χ1) is 14.2. The summed E-state index contributed by atoms with van der Waals surface area (Å²) in [5.74, 6) is -1.50. The van der Waals surface area contributed by atoms with Gasteiger partial charge in [0.1, 0.15) is 5.82 Å². The first-order valence-electron chi connectivity index (χ1n) is 9.69. The molecule has 1 heterocycles. The molecule has 2 atom stereocenters. The number of benzene rings is 2. The lowest BCUT2D eigenvalue weighted by molar-refractivity contribution is -0.122. The van der Waals surface area contributed by atoms with E-state index in [4.69, 9.17) is 0 Å². The van der Waals surface area contributed by atoms with E-state index in [1.807, 2.05) is 6.92 Å². The van der Waals surface area contributed by atoms with Gasteiger partial charge in [0, 0.05) is 30.4 Å². The molecule has 0 aromatic heterocycles. The Labute approximate surface area is 175 Å². The van der Waals surface area contributed by atoms with Crippen LogP contribution in [0, 0.1) is 11.7 Å². The van der Waals surface area contributed by atoms with Crippen LogP contribution in [0.25, 0.3) is 0 Å². The van der Waals surface area contributed by atoms with Gasteiger partial charge in [0.15, 0.2) is 0 Å². The van der Waals surface area contributed by atoms with E-state index >= 15 is 0 Å². The molecule has 2 N–H and O–H groups in total. The summed E-state index contributed by atoms with van der Waals surface area (Å²) in [4.78, 5) is 26.4. The standard InChI is InChI=1S/C21H24FN3O4S/c1-3-14(2)24-30(28,29)19-10-6-17(7-11-19)23-21(27)15-12-20(26)25(13-15)18-8-4-16(22)5-9-18/h4-11,14-15,24H,3,12-13H2,1-2H3,(H,23,27)/t14-,15+/m1/s1. The Kier molecular flexibility index (Phi) is 6.52. The minimum atomic E-state index is -3.62. The minimum absolute atomic E-state index is 0.0501. The summed E-state index contributed by atoms with van der Waals surface area (Å²) in [6, 6.07) is 11.2. The Morgan fingerprint density at radius 1 is 1.17 bits per heavy atom. The van der Waals surface area contributed by atoms with Gasteiger partial charge < -0.3 is 10.2 Å². The van der Waals surface area contributed by atoms with Gasteiger partial charge in [0.05, 0.1) is 10.8 Å². The number of hydrogen-bond acceptors (Lipinski definition) is 4. The maximum absolute atomic E-state index is 13.1. The van der Waals surface area contributed by atoms with Crippen LogP contribution in [0.1, 0.15) is 26.7 Å². The van der Waals surface area contributed by atoms with Crippen molar-refractivity contribution in [3.8, 4) is 0 Å². The molecule has 2 amide bonds. The van der Waals surface area contributed by atoms with Crippen LogP contribution < -0.4 is 14.9 Å². The van der Waals surface area contributed by atoms with E-state index < -0.39 is 21.8 Å². The molecule has 0 spiro atoms. The lowest BCUT2D eigenvalue weighted by atomic mass is 10.1. The van der Waals surface area contributed by atoms with E-state index in [0.717, 1.165) is 0 Å². The van der Waals surface area contributed by atoms with E-state index in [1.54, 1.807) is 6.92 Å². The lowest BCUT2D eigenvalue weighted by Crippen LogP contribution is -2.32. The molecule has 1 aliphatic heterocycles. The van der Waals surface area contributed by atoms with Gasteiger partial charge in [-0.25, -0.2) is 17.5 Å². The van der Waals surface area contributed by atoms with Crippen molar-refractivity contribution in [3.63, 3.8) is 0 Å². The molecule has 30 heavy (non-hydrogen) atoms. The van der Waals surface area contributed by atoms with Crippen LogP contribution in [-0.2, 0) is 19.6 Å². The molecule has 1 aliphatic rings. The molecule has 160 valence electrons. The second-order valence-corrected chi connectivity index (χ2v) is 9.04. The fourth-order valence-electron chi connectivity index (χ4n) is 3.13. The molecule has 1 saturated heterocycles. The van der Waals surface area contributed by atoms with Gasteiger partial charge in [0.25, 0.3) is 0 Å². The number of nitrogens with zero attached hydrogens (tertiary/aromatic N) is 1. The molecule has 2 aromatic rings. The number of hydrogen-bond donors (Lipinski definition) is 2. The first-order valence-corrected chi connectivity index (χ1v) is 11.2. The predicted molar refractivity (Wildman–Crippen MR) is 112 cm³/mol. The van der Waals surface area contributed by atoms with Crippen LogP contribution in [0.5, 0.6) is 0 Å². The topological polar surface area (TPSA) is 95.6 Å². The molecule has 3 rings (SSSR count). The van der Waals surface area contributed by atoms with Crippen LogP contribution in [0.3, 0.4) is 0 Å². The van der Waals surface area contributed by atoms with Gasteiger partial charge in [-0.2, -0.15) is 0 Å². The highest BCUT2D eigenvalue weighted by Crippen LogP contribution is 2.26. The number of sulfonamides is 1. The normalized spacial score (nSPS) is 17.8. The first kappa shape index (κ1) is 21.9. The molecule has 7 nitrogen and oxygen atoms in total. The second kappa shape index (κ2) is 8.93. The molecular weight excluding hydrogens is 409 g/mol. The van der Waals surface area contributed by atoms with Crippen molar-refractivity contribution >= 4 is 33.2 Å². The highest BCUT2D eigenvalue weighted by atomic mass is 32.2. The van der Waals surface area contributed by atoms with Crippen molar-refractivity contribution in [2.45, 2.75) is 37.6 Å². The third kappa shape index (κ3) is 5.03. The van der Waals surface area contributed by atoms with E-state index in [-0.39, 0.29) is 35.7 Å². The fourth-order valence-corrected chi connectivity index (χ4v) is 4.46.